The van der Waals surface area contributed by atoms with Crippen molar-refractivity contribution in [1.29, 1.82) is 0 Å². The zero-order chi connectivity index (χ0) is 10.6. The molecule has 0 radical (unpaired) electrons. The van der Waals surface area contributed by atoms with E-state index in [2.05, 4.69) is 0 Å². The molecule has 1 aromatic rings. The predicted octanol–water partition coefficient (Wildman–Crippen LogP) is 2.97. The van der Waals surface area contributed by atoms with Gasteiger partial charge in [0, 0.05) is 10.6 Å². The number of rotatable bonds is 3. The maximum Gasteiger partial charge on any atom is 0.307 e. The molecule has 0 spiro atoms. The van der Waals surface area contributed by atoms with Gasteiger partial charge in [-0.3, -0.25) is 4.79 Å². The fraction of sp³-hybridized carbons (Fsp3) is 0.100. The van der Waals surface area contributed by atoms with Crippen LogP contribution >= 0.6 is 11.6 Å². The van der Waals surface area contributed by atoms with Crippen LogP contribution in [0.1, 0.15) is 12.0 Å². The van der Waals surface area contributed by atoms with E-state index < -0.39 is 11.8 Å². The average molecular weight is 215 g/mol. The number of carboxylic acid groups (broad SMARTS) is 1. The maximum atomic E-state index is 13.0. The monoisotopic (exact) mass is 214 g/mol. The Hall–Kier alpha value is -1.35. The third kappa shape index (κ3) is 3.18. The summed E-state index contributed by atoms with van der Waals surface area (Å²) in [5.41, 5.74) is 0.291. The van der Waals surface area contributed by atoms with Crippen molar-refractivity contribution in [1.82, 2.24) is 0 Å². The highest BCUT2D eigenvalue weighted by molar-refractivity contribution is 6.30. The summed E-state index contributed by atoms with van der Waals surface area (Å²) < 4.78 is 13.0. The zero-order valence-corrected chi connectivity index (χ0v) is 7.96. The molecule has 0 unspecified atom stereocenters. The topological polar surface area (TPSA) is 37.3 Å². The standard InChI is InChI=1S/C10H8ClFO2/c11-8-4-5-9(12)7(6-8)2-1-3-10(13)14/h1-2,4-6H,3H2,(H,13,14)/b2-1+. The van der Waals surface area contributed by atoms with E-state index in [1.165, 1.54) is 30.4 Å². The molecular weight excluding hydrogens is 207 g/mol. The second kappa shape index (κ2) is 4.77. The quantitative estimate of drug-likeness (QED) is 0.840. The van der Waals surface area contributed by atoms with Crippen molar-refractivity contribution in [2.45, 2.75) is 6.42 Å². The molecule has 1 rings (SSSR count). The highest BCUT2D eigenvalue weighted by atomic mass is 35.5. The highest BCUT2D eigenvalue weighted by Crippen LogP contribution is 2.16. The Balaban J connectivity index is 2.80. The van der Waals surface area contributed by atoms with E-state index in [0.717, 1.165) is 0 Å². The Kier molecular flexibility index (Phi) is 3.65. The van der Waals surface area contributed by atoms with Crippen LogP contribution in [0.15, 0.2) is 24.3 Å². The lowest BCUT2D eigenvalue weighted by Crippen LogP contribution is -1.90. The summed E-state index contributed by atoms with van der Waals surface area (Å²) >= 11 is 5.64. The lowest BCUT2D eigenvalue weighted by atomic mass is 10.2. The van der Waals surface area contributed by atoms with E-state index in [1.54, 1.807) is 0 Å². The molecule has 0 aromatic heterocycles. The molecule has 0 saturated heterocycles. The summed E-state index contributed by atoms with van der Waals surface area (Å²) in [5.74, 6) is -1.38. The van der Waals surface area contributed by atoms with E-state index in [9.17, 15) is 9.18 Å². The average Bonchev–Trinajstić information content (AvgIpc) is 2.10. The van der Waals surface area contributed by atoms with Crippen LogP contribution in [0.2, 0.25) is 5.02 Å². The van der Waals surface area contributed by atoms with Gasteiger partial charge < -0.3 is 5.11 Å². The van der Waals surface area contributed by atoms with Gasteiger partial charge in [-0.1, -0.05) is 23.8 Å². The van der Waals surface area contributed by atoms with Gasteiger partial charge >= 0.3 is 5.97 Å². The van der Waals surface area contributed by atoms with E-state index in [1.807, 2.05) is 0 Å². The van der Waals surface area contributed by atoms with Crippen molar-refractivity contribution in [2.24, 2.45) is 0 Å². The van der Waals surface area contributed by atoms with Gasteiger partial charge in [0.1, 0.15) is 5.82 Å². The Morgan fingerprint density at radius 1 is 1.57 bits per heavy atom. The molecule has 0 aliphatic carbocycles. The molecular formula is C10H8ClFO2. The molecule has 0 aliphatic heterocycles. The fourth-order valence-electron chi connectivity index (χ4n) is 0.929. The minimum absolute atomic E-state index is 0.133. The molecule has 1 aromatic carbocycles. The van der Waals surface area contributed by atoms with Gasteiger partial charge in [0.05, 0.1) is 6.42 Å². The number of hydrogen-bond donors (Lipinski definition) is 1. The van der Waals surface area contributed by atoms with Gasteiger partial charge in [0.2, 0.25) is 0 Å². The van der Waals surface area contributed by atoms with Crippen LogP contribution in [0.3, 0.4) is 0 Å². The molecule has 1 N–H and O–H groups in total. The molecule has 4 heteroatoms. The van der Waals surface area contributed by atoms with Crippen LogP contribution in [0.5, 0.6) is 0 Å². The summed E-state index contributed by atoms with van der Waals surface area (Å²) in [7, 11) is 0. The molecule has 74 valence electrons. The number of halogens is 2. The summed E-state index contributed by atoms with van der Waals surface area (Å²) in [6, 6.07) is 4.11. The first-order valence-corrected chi connectivity index (χ1v) is 4.31. The van der Waals surface area contributed by atoms with E-state index in [-0.39, 0.29) is 6.42 Å². The largest absolute Gasteiger partial charge is 0.481 e. The van der Waals surface area contributed by atoms with E-state index >= 15 is 0 Å². The minimum Gasteiger partial charge on any atom is -0.481 e. The molecule has 0 saturated carbocycles. The van der Waals surface area contributed by atoms with Gasteiger partial charge in [-0.15, -0.1) is 0 Å². The molecule has 14 heavy (non-hydrogen) atoms. The third-order valence-corrected chi connectivity index (χ3v) is 1.78. The van der Waals surface area contributed by atoms with Crippen LogP contribution in [0, 0.1) is 5.82 Å². The van der Waals surface area contributed by atoms with Crippen molar-refractivity contribution >= 4 is 23.6 Å². The maximum absolute atomic E-state index is 13.0. The van der Waals surface area contributed by atoms with Gasteiger partial charge in [-0.2, -0.15) is 0 Å². The zero-order valence-electron chi connectivity index (χ0n) is 7.21. The Labute approximate surface area is 85.6 Å². The SMILES string of the molecule is O=C(O)C/C=C/c1cc(Cl)ccc1F. The van der Waals surface area contributed by atoms with Crippen molar-refractivity contribution in [3.8, 4) is 0 Å². The highest BCUT2D eigenvalue weighted by Gasteiger charge is 1.99. The summed E-state index contributed by atoms with van der Waals surface area (Å²) in [6.07, 6.45) is 2.64. The second-order valence-corrected chi connectivity index (χ2v) is 3.10. The summed E-state index contributed by atoms with van der Waals surface area (Å²) in [6.45, 7) is 0. The number of carboxylic acids is 1. The van der Waals surface area contributed by atoms with Gasteiger partial charge in [0.25, 0.3) is 0 Å². The Morgan fingerprint density at radius 2 is 2.29 bits per heavy atom. The number of aliphatic carboxylic acids is 1. The fourth-order valence-corrected chi connectivity index (χ4v) is 1.11. The van der Waals surface area contributed by atoms with Crippen molar-refractivity contribution in [2.75, 3.05) is 0 Å². The molecule has 0 aliphatic rings. The van der Waals surface area contributed by atoms with Crippen LogP contribution in [-0.2, 0) is 4.79 Å². The molecule has 0 bridgehead atoms. The van der Waals surface area contributed by atoms with E-state index in [4.69, 9.17) is 16.7 Å². The normalized spacial score (nSPS) is 10.7. The molecule has 0 heterocycles. The van der Waals surface area contributed by atoms with Crippen molar-refractivity contribution in [3.05, 3.63) is 40.7 Å². The third-order valence-electron chi connectivity index (χ3n) is 1.55. The lowest BCUT2D eigenvalue weighted by Gasteiger charge is -1.96. The van der Waals surface area contributed by atoms with Gasteiger partial charge in [-0.05, 0) is 18.2 Å². The van der Waals surface area contributed by atoms with Crippen LogP contribution in [0.25, 0.3) is 6.08 Å². The van der Waals surface area contributed by atoms with Gasteiger partial charge in [-0.25, -0.2) is 4.39 Å². The first-order valence-electron chi connectivity index (χ1n) is 3.93. The van der Waals surface area contributed by atoms with Crippen molar-refractivity contribution < 1.29 is 14.3 Å². The lowest BCUT2D eigenvalue weighted by molar-refractivity contribution is -0.135. The number of benzene rings is 1. The Morgan fingerprint density at radius 3 is 2.93 bits per heavy atom. The molecule has 2 nitrogen and oxygen atoms in total. The first-order chi connectivity index (χ1) is 6.59. The van der Waals surface area contributed by atoms with Crippen LogP contribution in [0.4, 0.5) is 4.39 Å². The first kappa shape index (κ1) is 10.7. The minimum atomic E-state index is -0.955. The van der Waals surface area contributed by atoms with Crippen LogP contribution in [-0.4, -0.2) is 11.1 Å². The second-order valence-electron chi connectivity index (χ2n) is 2.67. The summed E-state index contributed by atoms with van der Waals surface area (Å²) in [4.78, 5) is 10.2. The number of carbonyl (C=O) groups is 1. The summed E-state index contributed by atoms with van der Waals surface area (Å²) in [5, 5.41) is 8.76. The van der Waals surface area contributed by atoms with Crippen molar-refractivity contribution in [3.63, 3.8) is 0 Å². The predicted molar refractivity (Wildman–Crippen MR) is 52.7 cm³/mol. The molecule has 0 atom stereocenters. The van der Waals surface area contributed by atoms with Crippen LogP contribution < -0.4 is 0 Å². The smallest absolute Gasteiger partial charge is 0.307 e. The molecule has 0 fully saturated rings. The Bertz CT molecular complexity index is 374. The number of hydrogen-bond acceptors (Lipinski definition) is 1. The van der Waals surface area contributed by atoms with Gasteiger partial charge in [0.15, 0.2) is 0 Å². The molecule has 0 amide bonds. The van der Waals surface area contributed by atoms with E-state index in [0.29, 0.717) is 10.6 Å².